The molecule has 0 radical (unpaired) electrons. The topological polar surface area (TPSA) is 52.1 Å². The van der Waals surface area contributed by atoms with Gasteiger partial charge in [-0.3, -0.25) is 4.79 Å². The monoisotopic (exact) mass is 370 g/mol. The molecule has 6 heteroatoms. The van der Waals surface area contributed by atoms with Crippen molar-refractivity contribution in [2.45, 2.75) is 13.8 Å². The predicted molar refractivity (Wildman–Crippen MR) is 98.2 cm³/mol. The lowest BCUT2D eigenvalue weighted by atomic mass is 10.1. The number of nitrogens with zero attached hydrogens (tertiary/aromatic N) is 2. The maximum atomic E-state index is 13.0. The van der Waals surface area contributed by atoms with Crippen LogP contribution in [0.2, 0.25) is 5.02 Å². The number of carbonyl (C=O) groups excluding carboxylic acids is 1. The van der Waals surface area contributed by atoms with Crippen LogP contribution in [0, 0.1) is 19.7 Å². The first-order valence-electron chi connectivity index (χ1n) is 7.97. The van der Waals surface area contributed by atoms with E-state index in [4.69, 9.17) is 16.3 Å². The van der Waals surface area contributed by atoms with Crippen LogP contribution in [0.15, 0.2) is 48.5 Å². The van der Waals surface area contributed by atoms with Crippen LogP contribution in [0.25, 0.3) is 11.4 Å². The number of ketones is 1. The first kappa shape index (κ1) is 18.0. The first-order chi connectivity index (χ1) is 12.4. The van der Waals surface area contributed by atoms with Crippen molar-refractivity contribution in [2.24, 2.45) is 0 Å². The second kappa shape index (κ2) is 7.62. The Labute approximate surface area is 155 Å². The maximum absolute atomic E-state index is 13.0. The summed E-state index contributed by atoms with van der Waals surface area (Å²) in [6.07, 6.45) is 0. The SMILES string of the molecule is Cc1nc(-c2cccc(Cl)c2)nc(OCC(=O)c2ccc(F)cc2)c1C. The van der Waals surface area contributed by atoms with E-state index >= 15 is 0 Å². The molecule has 3 aromatic rings. The fourth-order valence-electron chi connectivity index (χ4n) is 2.35. The Hall–Kier alpha value is -2.79. The Morgan fingerprint density at radius 1 is 1.12 bits per heavy atom. The molecule has 3 rings (SSSR count). The van der Waals surface area contributed by atoms with Gasteiger partial charge in [-0.15, -0.1) is 0 Å². The van der Waals surface area contributed by atoms with Crippen LogP contribution >= 0.6 is 11.6 Å². The number of aromatic nitrogens is 2. The molecule has 0 amide bonds. The van der Waals surface area contributed by atoms with Gasteiger partial charge in [0.25, 0.3) is 0 Å². The van der Waals surface area contributed by atoms with Crippen LogP contribution in [0.4, 0.5) is 4.39 Å². The number of carbonyl (C=O) groups is 1. The molecule has 0 saturated heterocycles. The largest absolute Gasteiger partial charge is 0.469 e. The molecule has 0 atom stereocenters. The van der Waals surface area contributed by atoms with E-state index in [0.29, 0.717) is 22.3 Å². The fraction of sp³-hybridized carbons (Fsp3) is 0.150. The summed E-state index contributed by atoms with van der Waals surface area (Å²) >= 11 is 6.03. The number of rotatable bonds is 5. The number of halogens is 2. The van der Waals surface area contributed by atoms with Gasteiger partial charge in [-0.25, -0.2) is 9.37 Å². The van der Waals surface area contributed by atoms with E-state index in [1.165, 1.54) is 24.3 Å². The van der Waals surface area contributed by atoms with Gasteiger partial charge in [-0.1, -0.05) is 23.7 Å². The van der Waals surface area contributed by atoms with E-state index in [0.717, 1.165) is 16.8 Å². The zero-order valence-electron chi connectivity index (χ0n) is 14.3. The Balaban J connectivity index is 1.83. The average molecular weight is 371 g/mol. The lowest BCUT2D eigenvalue weighted by Crippen LogP contribution is -2.14. The molecule has 1 aromatic heterocycles. The molecule has 0 aliphatic carbocycles. The Bertz CT molecular complexity index is 959. The Morgan fingerprint density at radius 3 is 2.54 bits per heavy atom. The number of aryl methyl sites for hydroxylation is 1. The quantitative estimate of drug-likeness (QED) is 0.604. The van der Waals surface area contributed by atoms with Crippen LogP contribution in [-0.2, 0) is 0 Å². The van der Waals surface area contributed by atoms with Crippen molar-refractivity contribution in [3.8, 4) is 17.3 Å². The molecule has 1 heterocycles. The second-order valence-electron chi connectivity index (χ2n) is 5.79. The molecule has 26 heavy (non-hydrogen) atoms. The summed E-state index contributed by atoms with van der Waals surface area (Å²) in [7, 11) is 0. The molecule has 132 valence electrons. The third-order valence-electron chi connectivity index (χ3n) is 3.93. The zero-order chi connectivity index (χ0) is 18.7. The summed E-state index contributed by atoms with van der Waals surface area (Å²) in [5, 5.41) is 0.582. The van der Waals surface area contributed by atoms with Gasteiger partial charge in [0.2, 0.25) is 5.88 Å². The molecule has 0 aliphatic heterocycles. The number of hydrogen-bond donors (Lipinski definition) is 0. The summed E-state index contributed by atoms with van der Waals surface area (Å²) in [5.41, 5.74) is 2.64. The van der Waals surface area contributed by atoms with Crippen molar-refractivity contribution in [2.75, 3.05) is 6.61 Å². The van der Waals surface area contributed by atoms with E-state index < -0.39 is 5.82 Å². The van der Waals surface area contributed by atoms with Crippen molar-refractivity contribution >= 4 is 17.4 Å². The van der Waals surface area contributed by atoms with Gasteiger partial charge < -0.3 is 4.74 Å². The van der Waals surface area contributed by atoms with E-state index in [2.05, 4.69) is 9.97 Å². The molecule has 0 aliphatic rings. The minimum Gasteiger partial charge on any atom is -0.469 e. The summed E-state index contributed by atoms with van der Waals surface area (Å²) < 4.78 is 18.6. The highest BCUT2D eigenvalue weighted by molar-refractivity contribution is 6.30. The van der Waals surface area contributed by atoms with Gasteiger partial charge in [0.15, 0.2) is 18.2 Å². The van der Waals surface area contributed by atoms with Crippen molar-refractivity contribution in [3.63, 3.8) is 0 Å². The number of ether oxygens (including phenoxy) is 1. The number of benzene rings is 2. The third-order valence-corrected chi connectivity index (χ3v) is 4.17. The molecule has 0 spiro atoms. The van der Waals surface area contributed by atoms with Crippen LogP contribution in [0.5, 0.6) is 5.88 Å². The molecule has 0 bridgehead atoms. The smallest absolute Gasteiger partial charge is 0.220 e. The summed E-state index contributed by atoms with van der Waals surface area (Å²) in [5.74, 6) is 0.156. The van der Waals surface area contributed by atoms with Gasteiger partial charge in [0.05, 0.1) is 0 Å². The van der Waals surface area contributed by atoms with Gasteiger partial charge in [-0.05, 0) is 50.2 Å². The maximum Gasteiger partial charge on any atom is 0.220 e. The molecule has 0 saturated carbocycles. The van der Waals surface area contributed by atoms with E-state index in [1.54, 1.807) is 12.1 Å². The lowest BCUT2D eigenvalue weighted by Gasteiger charge is -2.11. The number of hydrogen-bond acceptors (Lipinski definition) is 4. The molecule has 0 fully saturated rings. The first-order valence-corrected chi connectivity index (χ1v) is 8.34. The fourth-order valence-corrected chi connectivity index (χ4v) is 2.54. The van der Waals surface area contributed by atoms with Crippen molar-refractivity contribution in [1.29, 1.82) is 0 Å². The van der Waals surface area contributed by atoms with Gasteiger partial charge in [0, 0.05) is 27.4 Å². The van der Waals surface area contributed by atoms with Gasteiger partial charge in [-0.2, -0.15) is 4.98 Å². The molecule has 0 unspecified atom stereocenters. The minimum atomic E-state index is -0.393. The molecular weight excluding hydrogens is 355 g/mol. The summed E-state index contributed by atoms with van der Waals surface area (Å²) in [6.45, 7) is 3.48. The standard InChI is InChI=1S/C20H16ClFN2O2/c1-12-13(2)23-19(15-4-3-5-16(21)10-15)24-20(12)26-11-18(25)14-6-8-17(22)9-7-14/h3-10H,11H2,1-2H3. The normalized spacial score (nSPS) is 10.6. The van der Waals surface area contributed by atoms with Gasteiger partial charge in [0.1, 0.15) is 5.82 Å². The van der Waals surface area contributed by atoms with Crippen LogP contribution < -0.4 is 4.74 Å². The molecule has 2 aromatic carbocycles. The van der Waals surface area contributed by atoms with Crippen LogP contribution in [0.3, 0.4) is 0 Å². The van der Waals surface area contributed by atoms with Gasteiger partial charge >= 0.3 is 0 Å². The van der Waals surface area contributed by atoms with E-state index in [9.17, 15) is 9.18 Å². The Morgan fingerprint density at radius 2 is 1.85 bits per heavy atom. The van der Waals surface area contributed by atoms with Crippen LogP contribution in [0.1, 0.15) is 21.6 Å². The highest BCUT2D eigenvalue weighted by Crippen LogP contribution is 2.25. The van der Waals surface area contributed by atoms with Crippen molar-refractivity contribution < 1.29 is 13.9 Å². The Kier molecular flexibility index (Phi) is 5.28. The average Bonchev–Trinajstić information content (AvgIpc) is 2.63. The van der Waals surface area contributed by atoms with E-state index in [1.807, 2.05) is 26.0 Å². The molecule has 0 N–H and O–H groups in total. The molecular formula is C20H16ClFN2O2. The minimum absolute atomic E-state index is 0.197. The number of Topliss-reactive ketones (excluding diaryl/α,β-unsaturated/α-hetero) is 1. The molecule has 4 nitrogen and oxygen atoms in total. The van der Waals surface area contributed by atoms with Crippen molar-refractivity contribution in [3.05, 3.63) is 76.2 Å². The van der Waals surface area contributed by atoms with Crippen molar-refractivity contribution in [1.82, 2.24) is 9.97 Å². The zero-order valence-corrected chi connectivity index (χ0v) is 15.0. The third kappa shape index (κ3) is 4.06. The summed E-state index contributed by atoms with van der Waals surface area (Å²) in [4.78, 5) is 21.1. The van der Waals surface area contributed by atoms with Crippen LogP contribution in [-0.4, -0.2) is 22.4 Å². The highest BCUT2D eigenvalue weighted by atomic mass is 35.5. The second-order valence-corrected chi connectivity index (χ2v) is 6.23. The van der Waals surface area contributed by atoms with E-state index in [-0.39, 0.29) is 12.4 Å². The summed E-state index contributed by atoms with van der Waals surface area (Å²) in [6, 6.07) is 12.5. The lowest BCUT2D eigenvalue weighted by molar-refractivity contribution is 0.0917. The predicted octanol–water partition coefficient (Wildman–Crippen LogP) is 4.81. The highest BCUT2D eigenvalue weighted by Gasteiger charge is 2.14.